The summed E-state index contributed by atoms with van der Waals surface area (Å²) >= 11 is 6.10. The summed E-state index contributed by atoms with van der Waals surface area (Å²) in [6, 6.07) is 6.50. The minimum Gasteiger partial charge on any atom is -0.401 e. The lowest BCUT2D eigenvalue weighted by Crippen LogP contribution is -2.10. The number of fused-ring (bicyclic) bond motifs is 2. The van der Waals surface area contributed by atoms with Gasteiger partial charge in [0.15, 0.2) is 11.5 Å². The van der Waals surface area contributed by atoms with Crippen molar-refractivity contribution in [2.75, 3.05) is 0 Å². The van der Waals surface area contributed by atoms with E-state index in [1.54, 1.807) is 0 Å². The summed E-state index contributed by atoms with van der Waals surface area (Å²) in [5, 5.41) is 3.56. The third-order valence-electron chi connectivity index (χ3n) is 5.29. The largest absolute Gasteiger partial charge is 0.435 e. The van der Waals surface area contributed by atoms with Crippen molar-refractivity contribution in [3.8, 4) is 17.4 Å². The smallest absolute Gasteiger partial charge is 0.401 e. The van der Waals surface area contributed by atoms with Crippen LogP contribution in [0.4, 0.5) is 26.3 Å². The van der Waals surface area contributed by atoms with Gasteiger partial charge in [-0.2, -0.15) is 31.4 Å². The number of halogens is 7. The van der Waals surface area contributed by atoms with E-state index in [1.807, 2.05) is 0 Å². The van der Waals surface area contributed by atoms with Crippen LogP contribution in [-0.4, -0.2) is 24.7 Å². The first-order chi connectivity index (χ1) is 16.8. The number of rotatable bonds is 2. The second-order valence-electron chi connectivity index (χ2n) is 7.60. The molecule has 0 aliphatic rings. The summed E-state index contributed by atoms with van der Waals surface area (Å²) in [5.41, 5.74) is -3.73. The zero-order valence-corrected chi connectivity index (χ0v) is 18.5. The third kappa shape index (κ3) is 3.94. The van der Waals surface area contributed by atoms with Crippen molar-refractivity contribution in [2.24, 2.45) is 0 Å². The van der Waals surface area contributed by atoms with Gasteiger partial charge in [0, 0.05) is 17.6 Å². The van der Waals surface area contributed by atoms with E-state index >= 15 is 0 Å². The number of aryl methyl sites for hydroxylation is 1. The average Bonchev–Trinajstić information content (AvgIpc) is 3.25. The van der Waals surface area contributed by atoms with Crippen molar-refractivity contribution in [3.63, 3.8) is 0 Å². The molecule has 4 aromatic heterocycles. The fourth-order valence-electron chi connectivity index (χ4n) is 3.64. The van der Waals surface area contributed by atoms with E-state index in [0.29, 0.717) is 6.07 Å². The SMILES string of the molecule is Cc1c2ccc(C(F)(F)F)nc2cc2c(=O)oc(-c3cc(C(F)(F)F)nn3-c3ncccc3Cl)nc12. The van der Waals surface area contributed by atoms with E-state index in [1.165, 1.54) is 31.3 Å². The Morgan fingerprint density at radius 2 is 1.67 bits per heavy atom. The van der Waals surface area contributed by atoms with Crippen LogP contribution in [0.1, 0.15) is 17.0 Å². The molecular formula is C22H10ClF6N5O2. The molecule has 0 fully saturated rings. The number of pyridine rings is 2. The summed E-state index contributed by atoms with van der Waals surface area (Å²) < 4.78 is 85.6. The highest BCUT2D eigenvalue weighted by Gasteiger charge is 2.37. The molecule has 7 nitrogen and oxygen atoms in total. The summed E-state index contributed by atoms with van der Waals surface area (Å²) in [6.45, 7) is 1.49. The van der Waals surface area contributed by atoms with Crippen molar-refractivity contribution in [1.29, 1.82) is 0 Å². The van der Waals surface area contributed by atoms with Crippen molar-refractivity contribution >= 4 is 33.4 Å². The van der Waals surface area contributed by atoms with Crippen LogP contribution in [0.2, 0.25) is 5.02 Å². The van der Waals surface area contributed by atoms with Crippen molar-refractivity contribution in [3.05, 3.63) is 75.0 Å². The highest BCUT2D eigenvalue weighted by atomic mass is 35.5. The predicted molar refractivity (Wildman–Crippen MR) is 116 cm³/mol. The minimum absolute atomic E-state index is 0.00346. The molecule has 5 aromatic rings. The average molecular weight is 526 g/mol. The molecule has 14 heteroatoms. The first-order valence-electron chi connectivity index (χ1n) is 9.95. The molecule has 0 saturated carbocycles. The molecular weight excluding hydrogens is 516 g/mol. The molecule has 0 aliphatic heterocycles. The van der Waals surface area contributed by atoms with E-state index in [-0.39, 0.29) is 43.9 Å². The van der Waals surface area contributed by atoms with Gasteiger partial charge in [-0.3, -0.25) is 0 Å². The molecule has 0 radical (unpaired) electrons. The topological polar surface area (TPSA) is 86.7 Å². The molecule has 0 spiro atoms. The van der Waals surface area contributed by atoms with Crippen LogP contribution in [0, 0.1) is 6.92 Å². The van der Waals surface area contributed by atoms with Crippen LogP contribution in [0.25, 0.3) is 39.2 Å². The first-order valence-corrected chi connectivity index (χ1v) is 10.3. The van der Waals surface area contributed by atoms with E-state index in [4.69, 9.17) is 16.0 Å². The van der Waals surface area contributed by atoms with Gasteiger partial charge < -0.3 is 4.42 Å². The molecule has 5 rings (SSSR count). The zero-order chi connectivity index (χ0) is 26.0. The Morgan fingerprint density at radius 3 is 2.33 bits per heavy atom. The van der Waals surface area contributed by atoms with Crippen molar-refractivity contribution < 1.29 is 30.8 Å². The van der Waals surface area contributed by atoms with Crippen LogP contribution in [0.15, 0.2) is 51.8 Å². The second-order valence-corrected chi connectivity index (χ2v) is 8.01. The molecule has 0 aliphatic carbocycles. The van der Waals surface area contributed by atoms with E-state index in [0.717, 1.165) is 16.8 Å². The van der Waals surface area contributed by atoms with Crippen LogP contribution < -0.4 is 5.63 Å². The third-order valence-corrected chi connectivity index (χ3v) is 5.59. The van der Waals surface area contributed by atoms with Crippen molar-refractivity contribution in [2.45, 2.75) is 19.3 Å². The van der Waals surface area contributed by atoms with Gasteiger partial charge in [-0.05, 0) is 36.8 Å². The van der Waals surface area contributed by atoms with Gasteiger partial charge in [-0.15, -0.1) is 0 Å². The molecule has 0 saturated heterocycles. The van der Waals surface area contributed by atoms with Gasteiger partial charge in [0.05, 0.1) is 21.4 Å². The lowest BCUT2D eigenvalue weighted by Gasteiger charge is -2.11. The molecule has 1 aromatic carbocycles. The number of nitrogens with zero attached hydrogens (tertiary/aromatic N) is 5. The monoisotopic (exact) mass is 525 g/mol. The first kappa shape index (κ1) is 23.7. The van der Waals surface area contributed by atoms with Gasteiger partial charge >= 0.3 is 18.0 Å². The molecule has 0 unspecified atom stereocenters. The normalized spacial score (nSPS) is 12.6. The Balaban J connectivity index is 1.78. The van der Waals surface area contributed by atoms with Crippen LogP contribution >= 0.6 is 11.6 Å². The maximum Gasteiger partial charge on any atom is 0.435 e. The van der Waals surface area contributed by atoms with E-state index in [2.05, 4.69) is 20.1 Å². The van der Waals surface area contributed by atoms with E-state index in [9.17, 15) is 31.1 Å². The Kier molecular flexibility index (Phi) is 5.28. The molecule has 0 bridgehead atoms. The van der Waals surface area contributed by atoms with Crippen molar-refractivity contribution in [1.82, 2.24) is 24.7 Å². The molecule has 0 amide bonds. The summed E-state index contributed by atoms with van der Waals surface area (Å²) in [6.07, 6.45) is -8.28. The minimum atomic E-state index is -4.85. The standard InChI is InChI=1S/C22H10ClF6N5O2/c1-9-10-4-5-15(21(24,25)26)31-13(10)7-11-17(9)32-19(36-20(11)35)14-8-16(22(27,28)29)33-34(14)18-12(23)3-2-6-30-18/h2-8H,1H3. The lowest BCUT2D eigenvalue weighted by molar-refractivity contribution is -0.142. The second kappa shape index (κ2) is 8.01. The van der Waals surface area contributed by atoms with Gasteiger partial charge in [0.25, 0.3) is 0 Å². The zero-order valence-electron chi connectivity index (χ0n) is 17.7. The number of hydrogen-bond donors (Lipinski definition) is 0. The number of alkyl halides is 6. The Hall–Kier alpha value is -4.00. The quantitative estimate of drug-likeness (QED) is 0.208. The number of hydrogen-bond acceptors (Lipinski definition) is 6. The lowest BCUT2D eigenvalue weighted by atomic mass is 10.0. The van der Waals surface area contributed by atoms with Crippen LogP contribution in [-0.2, 0) is 12.4 Å². The summed E-state index contributed by atoms with van der Waals surface area (Å²) in [7, 11) is 0. The van der Waals surface area contributed by atoms with Gasteiger partial charge in [-0.1, -0.05) is 17.7 Å². The fraction of sp³-hybridized carbons (Fsp3) is 0.136. The summed E-state index contributed by atoms with van der Waals surface area (Å²) in [4.78, 5) is 24.6. The fourth-order valence-corrected chi connectivity index (χ4v) is 3.84. The Bertz CT molecular complexity index is 1730. The highest BCUT2D eigenvalue weighted by Crippen LogP contribution is 2.35. The molecule has 184 valence electrons. The van der Waals surface area contributed by atoms with Gasteiger partial charge in [0.2, 0.25) is 5.89 Å². The predicted octanol–water partition coefficient (Wildman–Crippen LogP) is 5.98. The molecule has 0 atom stereocenters. The van der Waals surface area contributed by atoms with Gasteiger partial charge in [-0.25, -0.2) is 24.4 Å². The Morgan fingerprint density at radius 1 is 0.944 bits per heavy atom. The number of benzene rings is 1. The maximum absolute atomic E-state index is 13.5. The number of aromatic nitrogens is 5. The van der Waals surface area contributed by atoms with Gasteiger partial charge in [0.1, 0.15) is 11.4 Å². The van der Waals surface area contributed by atoms with Crippen LogP contribution in [0.5, 0.6) is 0 Å². The summed E-state index contributed by atoms with van der Waals surface area (Å²) in [5.74, 6) is -0.701. The molecule has 0 N–H and O–H groups in total. The van der Waals surface area contributed by atoms with E-state index < -0.39 is 35.3 Å². The molecule has 4 heterocycles. The highest BCUT2D eigenvalue weighted by molar-refractivity contribution is 6.32. The van der Waals surface area contributed by atoms with Crippen LogP contribution in [0.3, 0.4) is 0 Å². The Labute approximate surface area is 201 Å². The maximum atomic E-state index is 13.5. The molecule has 36 heavy (non-hydrogen) atoms.